The molecule has 3 nitrogen and oxygen atoms in total. The van der Waals surface area contributed by atoms with Crippen molar-refractivity contribution in [2.75, 3.05) is 13.7 Å². The number of rotatable bonds is 6. The van der Waals surface area contributed by atoms with E-state index < -0.39 is 0 Å². The molecule has 1 aromatic heterocycles. The van der Waals surface area contributed by atoms with E-state index in [1.165, 1.54) is 5.56 Å². The van der Waals surface area contributed by atoms with E-state index in [1.807, 2.05) is 24.3 Å². The van der Waals surface area contributed by atoms with Crippen molar-refractivity contribution in [3.05, 3.63) is 54.0 Å². The summed E-state index contributed by atoms with van der Waals surface area (Å²) in [5.74, 6) is 1.88. The Morgan fingerprint density at radius 2 is 2.18 bits per heavy atom. The third-order valence-corrected chi connectivity index (χ3v) is 2.60. The predicted molar refractivity (Wildman–Crippen MR) is 67.1 cm³/mol. The molecule has 0 spiro atoms. The van der Waals surface area contributed by atoms with Crippen LogP contribution in [-0.4, -0.2) is 13.7 Å². The minimum atomic E-state index is 0.775. The standard InChI is InChI=1S/C14H17NO2/c1-16-13-5-2-4-12(10-13)7-8-15-11-14-6-3-9-17-14/h2-6,9-10,15H,7-8,11H2,1H3. The van der Waals surface area contributed by atoms with Crippen LogP contribution >= 0.6 is 0 Å². The molecule has 17 heavy (non-hydrogen) atoms. The smallest absolute Gasteiger partial charge is 0.119 e. The van der Waals surface area contributed by atoms with Crippen LogP contribution in [0.5, 0.6) is 5.75 Å². The highest BCUT2D eigenvalue weighted by atomic mass is 16.5. The summed E-state index contributed by atoms with van der Waals surface area (Å²) in [6, 6.07) is 12.0. The lowest BCUT2D eigenvalue weighted by Crippen LogP contribution is -2.16. The molecule has 0 aliphatic carbocycles. The molecule has 0 aliphatic heterocycles. The molecule has 90 valence electrons. The molecule has 2 rings (SSSR count). The summed E-state index contributed by atoms with van der Waals surface area (Å²) in [5.41, 5.74) is 1.27. The Kier molecular flexibility index (Phi) is 4.22. The van der Waals surface area contributed by atoms with E-state index in [0.29, 0.717) is 0 Å². The van der Waals surface area contributed by atoms with Gasteiger partial charge in [-0.25, -0.2) is 0 Å². The Bertz CT molecular complexity index is 437. The lowest BCUT2D eigenvalue weighted by Gasteiger charge is -2.05. The maximum absolute atomic E-state index is 5.24. The van der Waals surface area contributed by atoms with Gasteiger partial charge in [0.05, 0.1) is 19.9 Å². The van der Waals surface area contributed by atoms with Gasteiger partial charge in [-0.2, -0.15) is 0 Å². The fraction of sp³-hybridized carbons (Fsp3) is 0.286. The summed E-state index contributed by atoms with van der Waals surface area (Å²) in [6.45, 7) is 1.70. The van der Waals surface area contributed by atoms with Gasteiger partial charge in [0.25, 0.3) is 0 Å². The van der Waals surface area contributed by atoms with Crippen LogP contribution in [-0.2, 0) is 13.0 Å². The van der Waals surface area contributed by atoms with Gasteiger partial charge in [-0.3, -0.25) is 0 Å². The quantitative estimate of drug-likeness (QED) is 0.776. The minimum Gasteiger partial charge on any atom is -0.497 e. The molecule has 0 amide bonds. The summed E-state index contributed by atoms with van der Waals surface area (Å²) in [6.07, 6.45) is 2.68. The monoisotopic (exact) mass is 231 g/mol. The summed E-state index contributed by atoms with van der Waals surface area (Å²) in [5, 5.41) is 3.34. The van der Waals surface area contributed by atoms with Gasteiger partial charge in [-0.15, -0.1) is 0 Å². The van der Waals surface area contributed by atoms with Crippen molar-refractivity contribution >= 4 is 0 Å². The normalized spacial score (nSPS) is 10.4. The van der Waals surface area contributed by atoms with Crippen LogP contribution in [0.2, 0.25) is 0 Å². The summed E-state index contributed by atoms with van der Waals surface area (Å²) >= 11 is 0. The molecule has 1 aromatic carbocycles. The van der Waals surface area contributed by atoms with Crippen molar-refractivity contribution in [2.45, 2.75) is 13.0 Å². The highest BCUT2D eigenvalue weighted by molar-refractivity contribution is 5.28. The van der Waals surface area contributed by atoms with Crippen molar-refractivity contribution in [1.29, 1.82) is 0 Å². The number of hydrogen-bond donors (Lipinski definition) is 1. The lowest BCUT2D eigenvalue weighted by molar-refractivity contribution is 0.414. The number of hydrogen-bond acceptors (Lipinski definition) is 3. The predicted octanol–water partition coefficient (Wildman–Crippen LogP) is 2.62. The fourth-order valence-corrected chi connectivity index (χ4v) is 1.69. The number of ether oxygens (including phenoxy) is 1. The van der Waals surface area contributed by atoms with E-state index in [9.17, 15) is 0 Å². The summed E-state index contributed by atoms with van der Waals surface area (Å²) < 4.78 is 10.4. The zero-order chi connectivity index (χ0) is 11.9. The highest BCUT2D eigenvalue weighted by Crippen LogP contribution is 2.12. The van der Waals surface area contributed by atoms with Gasteiger partial charge in [-0.05, 0) is 42.8 Å². The molecule has 0 radical (unpaired) electrons. The molecule has 0 unspecified atom stereocenters. The Hall–Kier alpha value is -1.74. The second kappa shape index (κ2) is 6.11. The molecular weight excluding hydrogens is 214 g/mol. The first kappa shape index (κ1) is 11.7. The van der Waals surface area contributed by atoms with Crippen molar-refractivity contribution in [3.63, 3.8) is 0 Å². The minimum absolute atomic E-state index is 0.775. The van der Waals surface area contributed by atoms with E-state index in [4.69, 9.17) is 9.15 Å². The molecule has 0 aliphatic rings. The Labute approximate surface area is 101 Å². The first-order chi connectivity index (χ1) is 8.38. The van der Waals surface area contributed by atoms with E-state index >= 15 is 0 Å². The van der Waals surface area contributed by atoms with E-state index in [-0.39, 0.29) is 0 Å². The Balaban J connectivity index is 1.74. The van der Waals surface area contributed by atoms with Crippen molar-refractivity contribution in [2.24, 2.45) is 0 Å². The zero-order valence-electron chi connectivity index (χ0n) is 9.98. The van der Waals surface area contributed by atoms with Crippen LogP contribution in [0, 0.1) is 0 Å². The molecule has 1 N–H and O–H groups in total. The fourth-order valence-electron chi connectivity index (χ4n) is 1.69. The van der Waals surface area contributed by atoms with Crippen LogP contribution in [0.25, 0.3) is 0 Å². The number of furan rings is 1. The zero-order valence-corrected chi connectivity index (χ0v) is 9.98. The van der Waals surface area contributed by atoms with Crippen LogP contribution in [0.15, 0.2) is 47.1 Å². The molecule has 0 saturated carbocycles. The lowest BCUT2D eigenvalue weighted by atomic mass is 10.1. The third-order valence-electron chi connectivity index (χ3n) is 2.60. The Morgan fingerprint density at radius 3 is 2.94 bits per heavy atom. The molecule has 0 atom stereocenters. The first-order valence-electron chi connectivity index (χ1n) is 5.74. The van der Waals surface area contributed by atoms with E-state index in [1.54, 1.807) is 13.4 Å². The van der Waals surface area contributed by atoms with Gasteiger partial charge in [-0.1, -0.05) is 12.1 Å². The third kappa shape index (κ3) is 3.64. The summed E-state index contributed by atoms with van der Waals surface area (Å²) in [4.78, 5) is 0. The molecule has 0 fully saturated rings. The van der Waals surface area contributed by atoms with E-state index in [0.717, 1.165) is 31.0 Å². The molecule has 0 bridgehead atoms. The van der Waals surface area contributed by atoms with E-state index in [2.05, 4.69) is 17.4 Å². The molecule has 0 saturated heterocycles. The molecule has 2 aromatic rings. The van der Waals surface area contributed by atoms with Crippen molar-refractivity contribution in [1.82, 2.24) is 5.32 Å². The van der Waals surface area contributed by atoms with Gasteiger partial charge in [0, 0.05) is 0 Å². The van der Waals surface area contributed by atoms with Crippen LogP contribution in [0.3, 0.4) is 0 Å². The van der Waals surface area contributed by atoms with Crippen LogP contribution in [0.4, 0.5) is 0 Å². The van der Waals surface area contributed by atoms with Gasteiger partial charge in [0.15, 0.2) is 0 Å². The average Bonchev–Trinajstić information content (AvgIpc) is 2.88. The number of benzene rings is 1. The topological polar surface area (TPSA) is 34.4 Å². The molecule has 1 heterocycles. The molecule has 3 heteroatoms. The first-order valence-corrected chi connectivity index (χ1v) is 5.74. The second-order valence-electron chi connectivity index (χ2n) is 3.86. The van der Waals surface area contributed by atoms with Gasteiger partial charge < -0.3 is 14.5 Å². The largest absolute Gasteiger partial charge is 0.497 e. The van der Waals surface area contributed by atoms with Crippen LogP contribution in [0.1, 0.15) is 11.3 Å². The molecular formula is C14H17NO2. The van der Waals surface area contributed by atoms with Gasteiger partial charge >= 0.3 is 0 Å². The van der Waals surface area contributed by atoms with Crippen molar-refractivity contribution in [3.8, 4) is 5.75 Å². The Morgan fingerprint density at radius 1 is 1.24 bits per heavy atom. The summed E-state index contributed by atoms with van der Waals surface area (Å²) in [7, 11) is 1.69. The maximum atomic E-state index is 5.24. The number of methoxy groups -OCH3 is 1. The average molecular weight is 231 g/mol. The SMILES string of the molecule is COc1cccc(CCNCc2ccco2)c1. The van der Waals surface area contributed by atoms with Gasteiger partial charge in [0.1, 0.15) is 11.5 Å². The second-order valence-corrected chi connectivity index (χ2v) is 3.86. The van der Waals surface area contributed by atoms with Crippen molar-refractivity contribution < 1.29 is 9.15 Å². The number of nitrogens with one attached hydrogen (secondary N) is 1. The van der Waals surface area contributed by atoms with Crippen LogP contribution < -0.4 is 10.1 Å². The maximum Gasteiger partial charge on any atom is 0.119 e. The van der Waals surface area contributed by atoms with Gasteiger partial charge in [0.2, 0.25) is 0 Å². The highest BCUT2D eigenvalue weighted by Gasteiger charge is 1.97.